The van der Waals surface area contributed by atoms with Crippen molar-refractivity contribution in [3.63, 3.8) is 0 Å². The van der Waals surface area contributed by atoms with E-state index < -0.39 is 11.5 Å². The number of carbonyl (C=O) groups excluding carboxylic acids is 2. The SMILES string of the molecule is C=C(C(N)=O)n1ccc2c(C(=O)NCC34CC5CC(CC(C5)C3)C4)cccc2c1=O. The number of hydrogen-bond acceptors (Lipinski definition) is 3. The van der Waals surface area contributed by atoms with Crippen LogP contribution in [0.25, 0.3) is 16.5 Å². The number of rotatable bonds is 5. The molecule has 4 aliphatic carbocycles. The van der Waals surface area contributed by atoms with E-state index in [1.54, 1.807) is 24.3 Å². The Hall–Kier alpha value is -2.89. The Morgan fingerprint density at radius 1 is 1.07 bits per heavy atom. The van der Waals surface area contributed by atoms with Crippen LogP contribution in [-0.2, 0) is 4.79 Å². The molecular formula is C24H27N3O3. The second-order valence-electron chi connectivity index (χ2n) is 9.67. The lowest BCUT2D eigenvalue weighted by atomic mass is 9.49. The molecule has 2 aromatic rings. The molecule has 1 aromatic carbocycles. The number of primary amides is 1. The van der Waals surface area contributed by atoms with Gasteiger partial charge in [-0.25, -0.2) is 0 Å². The maximum atomic E-state index is 13.1. The summed E-state index contributed by atoms with van der Waals surface area (Å²) in [5.74, 6) is 1.59. The normalized spacial score (nSPS) is 29.1. The van der Waals surface area contributed by atoms with Crippen molar-refractivity contribution < 1.29 is 9.59 Å². The Kier molecular flexibility index (Phi) is 4.34. The van der Waals surface area contributed by atoms with Gasteiger partial charge in [-0.3, -0.25) is 19.0 Å². The van der Waals surface area contributed by atoms with Crippen molar-refractivity contribution >= 4 is 28.3 Å². The average Bonchev–Trinajstić information content (AvgIpc) is 2.70. The van der Waals surface area contributed by atoms with Gasteiger partial charge in [0.25, 0.3) is 17.4 Å². The highest BCUT2D eigenvalue weighted by atomic mass is 16.2. The smallest absolute Gasteiger partial charge is 0.265 e. The quantitative estimate of drug-likeness (QED) is 0.749. The maximum Gasteiger partial charge on any atom is 0.265 e. The predicted molar refractivity (Wildman–Crippen MR) is 116 cm³/mol. The summed E-state index contributed by atoms with van der Waals surface area (Å²) in [6.07, 6.45) is 9.27. The summed E-state index contributed by atoms with van der Waals surface area (Å²) < 4.78 is 1.13. The first-order chi connectivity index (χ1) is 14.3. The Morgan fingerprint density at radius 3 is 2.30 bits per heavy atom. The van der Waals surface area contributed by atoms with Crippen LogP contribution in [0.2, 0.25) is 0 Å². The monoisotopic (exact) mass is 405 g/mol. The average molecular weight is 405 g/mol. The summed E-state index contributed by atoms with van der Waals surface area (Å²) in [4.78, 5) is 37.3. The molecule has 0 aliphatic heterocycles. The molecule has 6 heteroatoms. The van der Waals surface area contributed by atoms with Crippen molar-refractivity contribution in [2.75, 3.05) is 6.54 Å². The lowest BCUT2D eigenvalue weighted by molar-refractivity contribution is -0.113. The van der Waals surface area contributed by atoms with Gasteiger partial charge in [0, 0.05) is 29.1 Å². The number of carbonyl (C=O) groups is 2. The third kappa shape index (κ3) is 3.06. The van der Waals surface area contributed by atoms with Crippen molar-refractivity contribution in [1.82, 2.24) is 9.88 Å². The highest BCUT2D eigenvalue weighted by Gasteiger charge is 2.50. The van der Waals surface area contributed by atoms with Gasteiger partial charge in [0.05, 0.1) is 0 Å². The van der Waals surface area contributed by atoms with Crippen LogP contribution >= 0.6 is 0 Å². The molecule has 4 fully saturated rings. The molecular weight excluding hydrogens is 378 g/mol. The van der Waals surface area contributed by atoms with Crippen LogP contribution in [0.1, 0.15) is 48.9 Å². The van der Waals surface area contributed by atoms with Gasteiger partial charge >= 0.3 is 0 Å². The van der Waals surface area contributed by atoms with E-state index in [2.05, 4.69) is 11.9 Å². The first-order valence-corrected chi connectivity index (χ1v) is 10.8. The lowest BCUT2D eigenvalue weighted by Crippen LogP contribution is -2.51. The van der Waals surface area contributed by atoms with Crippen LogP contribution < -0.4 is 16.6 Å². The number of nitrogens with zero attached hydrogens (tertiary/aromatic N) is 1. The predicted octanol–water partition coefficient (Wildman–Crippen LogP) is 2.90. The molecule has 4 saturated carbocycles. The van der Waals surface area contributed by atoms with Crippen LogP contribution in [0.15, 0.2) is 41.8 Å². The second kappa shape index (κ2) is 6.83. The van der Waals surface area contributed by atoms with Crippen molar-refractivity contribution in [3.8, 4) is 0 Å². The molecule has 156 valence electrons. The second-order valence-corrected chi connectivity index (χ2v) is 9.67. The Morgan fingerprint density at radius 2 is 1.70 bits per heavy atom. The summed E-state index contributed by atoms with van der Waals surface area (Å²) in [6, 6.07) is 6.76. The fraction of sp³-hybridized carbons (Fsp3) is 0.458. The molecule has 0 saturated heterocycles. The van der Waals surface area contributed by atoms with Gasteiger partial charge < -0.3 is 11.1 Å². The maximum absolute atomic E-state index is 13.1. The van der Waals surface area contributed by atoms with E-state index in [1.807, 2.05) is 0 Å². The van der Waals surface area contributed by atoms with Gasteiger partial charge in [-0.15, -0.1) is 0 Å². The summed E-state index contributed by atoms with van der Waals surface area (Å²) in [5, 5.41) is 4.12. The minimum absolute atomic E-state index is 0.0985. The number of nitrogens with two attached hydrogens (primary N) is 1. The van der Waals surface area contributed by atoms with Crippen molar-refractivity contribution in [1.29, 1.82) is 0 Å². The van der Waals surface area contributed by atoms with Gasteiger partial charge in [-0.1, -0.05) is 12.6 Å². The Balaban J connectivity index is 1.40. The zero-order valence-electron chi connectivity index (χ0n) is 17.0. The van der Waals surface area contributed by atoms with Gasteiger partial charge in [-0.05, 0) is 79.9 Å². The van der Waals surface area contributed by atoms with E-state index in [-0.39, 0.29) is 17.0 Å². The van der Waals surface area contributed by atoms with Crippen molar-refractivity contribution in [3.05, 3.63) is 53.0 Å². The molecule has 2 amide bonds. The number of fused-ring (bicyclic) bond motifs is 1. The minimum atomic E-state index is -0.763. The van der Waals surface area contributed by atoms with Crippen LogP contribution in [0.5, 0.6) is 0 Å². The Labute approximate surface area is 175 Å². The van der Waals surface area contributed by atoms with E-state index in [0.29, 0.717) is 22.9 Å². The van der Waals surface area contributed by atoms with Gasteiger partial charge in [0.1, 0.15) is 5.70 Å². The van der Waals surface area contributed by atoms with E-state index >= 15 is 0 Å². The molecule has 3 N–H and O–H groups in total. The zero-order chi connectivity index (χ0) is 21.0. The van der Waals surface area contributed by atoms with E-state index in [0.717, 1.165) is 22.3 Å². The summed E-state index contributed by atoms with van der Waals surface area (Å²) in [5.41, 5.74) is 5.48. The molecule has 0 atom stereocenters. The molecule has 30 heavy (non-hydrogen) atoms. The summed E-state index contributed by atoms with van der Waals surface area (Å²) in [7, 11) is 0. The van der Waals surface area contributed by atoms with Gasteiger partial charge in [0.15, 0.2) is 0 Å². The molecule has 6 nitrogen and oxygen atoms in total. The highest BCUT2D eigenvalue weighted by molar-refractivity contribution is 6.12. The van der Waals surface area contributed by atoms with Crippen LogP contribution in [0, 0.1) is 23.2 Å². The molecule has 1 heterocycles. The van der Waals surface area contributed by atoms with Gasteiger partial charge in [-0.2, -0.15) is 0 Å². The zero-order valence-corrected chi connectivity index (χ0v) is 17.0. The molecule has 0 spiro atoms. The molecule has 4 bridgehead atoms. The first-order valence-electron chi connectivity index (χ1n) is 10.8. The third-order valence-corrected chi connectivity index (χ3v) is 7.55. The van der Waals surface area contributed by atoms with Crippen LogP contribution in [0.3, 0.4) is 0 Å². The number of aromatic nitrogens is 1. The summed E-state index contributed by atoms with van der Waals surface area (Å²) >= 11 is 0. The van der Waals surface area contributed by atoms with E-state index in [1.165, 1.54) is 44.7 Å². The number of nitrogens with one attached hydrogen (secondary N) is 1. The highest BCUT2D eigenvalue weighted by Crippen LogP contribution is 2.59. The van der Waals surface area contributed by atoms with E-state index in [9.17, 15) is 14.4 Å². The van der Waals surface area contributed by atoms with Gasteiger partial charge in [0.2, 0.25) is 0 Å². The molecule has 0 radical (unpaired) electrons. The first kappa shape index (κ1) is 19.1. The Bertz CT molecular complexity index is 1090. The topological polar surface area (TPSA) is 94.2 Å². The van der Waals surface area contributed by atoms with Crippen molar-refractivity contribution in [2.24, 2.45) is 28.9 Å². The molecule has 4 aliphatic rings. The molecule has 6 rings (SSSR count). The number of amides is 2. The third-order valence-electron chi connectivity index (χ3n) is 7.55. The van der Waals surface area contributed by atoms with Crippen LogP contribution in [0.4, 0.5) is 0 Å². The summed E-state index contributed by atoms with van der Waals surface area (Å²) in [6.45, 7) is 4.29. The van der Waals surface area contributed by atoms with E-state index in [4.69, 9.17) is 5.73 Å². The fourth-order valence-electron chi connectivity index (χ4n) is 6.68. The number of hydrogen-bond donors (Lipinski definition) is 2. The number of pyridine rings is 1. The molecule has 1 aromatic heterocycles. The molecule has 0 unspecified atom stereocenters. The lowest BCUT2D eigenvalue weighted by Gasteiger charge is -2.56. The number of benzene rings is 1. The largest absolute Gasteiger partial charge is 0.364 e. The fourth-order valence-corrected chi connectivity index (χ4v) is 6.68. The van der Waals surface area contributed by atoms with Crippen molar-refractivity contribution in [2.45, 2.75) is 38.5 Å². The van der Waals surface area contributed by atoms with Crippen LogP contribution in [-0.4, -0.2) is 22.9 Å². The minimum Gasteiger partial charge on any atom is -0.364 e. The standard InChI is InChI=1S/C24H27N3O3/c1-14(21(25)28)27-6-5-18-19(3-2-4-20(18)23(27)30)22(29)26-13-24-10-15-7-16(11-24)9-17(8-15)12-24/h2-6,15-17H,1,7-13H2,(H2,25,28)(H,26,29).